The average molecular weight is 338 g/mol. The molecule has 3 rings (SSSR count). The average Bonchev–Trinajstić information content (AvgIpc) is 2.58. The van der Waals surface area contributed by atoms with Crippen LogP contribution >= 0.6 is 0 Å². The van der Waals surface area contributed by atoms with Crippen molar-refractivity contribution >= 4 is 11.8 Å². The molecular weight excluding hydrogens is 316 g/mol. The number of amides is 2. The van der Waals surface area contributed by atoms with E-state index < -0.39 is 0 Å². The molecule has 5 heteroatoms. The second-order valence-corrected chi connectivity index (χ2v) is 6.37. The summed E-state index contributed by atoms with van der Waals surface area (Å²) in [5, 5.41) is 5.88. The summed E-state index contributed by atoms with van der Waals surface area (Å²) < 4.78 is 5.79. The Morgan fingerprint density at radius 3 is 2.60 bits per heavy atom. The normalized spacial score (nSPS) is 19.8. The van der Waals surface area contributed by atoms with Crippen molar-refractivity contribution in [2.24, 2.45) is 0 Å². The summed E-state index contributed by atoms with van der Waals surface area (Å²) in [6.45, 7) is 3.80. The van der Waals surface area contributed by atoms with E-state index in [9.17, 15) is 9.59 Å². The smallest absolute Gasteiger partial charge is 0.251 e. The molecule has 1 aliphatic rings. The van der Waals surface area contributed by atoms with Gasteiger partial charge in [-0.25, -0.2) is 0 Å². The summed E-state index contributed by atoms with van der Waals surface area (Å²) in [5.74, 6) is 1.36. The molecule has 1 heterocycles. The topological polar surface area (TPSA) is 67.4 Å². The number of hydrogen-bond acceptors (Lipinski definition) is 3. The highest BCUT2D eigenvalue weighted by Crippen LogP contribution is 2.24. The van der Waals surface area contributed by atoms with Gasteiger partial charge in [0.15, 0.2) is 0 Å². The first-order chi connectivity index (χ1) is 12.0. The van der Waals surface area contributed by atoms with E-state index in [2.05, 4.69) is 10.6 Å². The van der Waals surface area contributed by atoms with Gasteiger partial charge in [-0.3, -0.25) is 9.59 Å². The Bertz CT molecular complexity index is 774. The van der Waals surface area contributed by atoms with E-state index in [0.29, 0.717) is 24.2 Å². The number of ether oxygens (including phenoxy) is 1. The SMILES string of the molecule is Cc1cc(Oc2ccccc2)ccc1C(=O)NC1CCC(=O)NC1C. The molecule has 0 spiro atoms. The van der Waals surface area contributed by atoms with Crippen molar-refractivity contribution in [3.8, 4) is 11.5 Å². The number of hydrogen-bond donors (Lipinski definition) is 2. The Kier molecular flexibility index (Phi) is 5.03. The lowest BCUT2D eigenvalue weighted by atomic mass is 9.98. The Hall–Kier alpha value is -2.82. The quantitative estimate of drug-likeness (QED) is 0.900. The number of carbonyl (C=O) groups excluding carboxylic acids is 2. The van der Waals surface area contributed by atoms with Gasteiger partial charge in [-0.2, -0.15) is 0 Å². The first-order valence-corrected chi connectivity index (χ1v) is 8.47. The molecule has 2 N–H and O–H groups in total. The zero-order valence-corrected chi connectivity index (χ0v) is 14.4. The molecule has 2 atom stereocenters. The van der Waals surface area contributed by atoms with E-state index in [4.69, 9.17) is 4.74 Å². The van der Waals surface area contributed by atoms with E-state index in [1.54, 1.807) is 12.1 Å². The van der Waals surface area contributed by atoms with Gasteiger partial charge in [-0.15, -0.1) is 0 Å². The molecule has 130 valence electrons. The maximum absolute atomic E-state index is 12.6. The highest BCUT2D eigenvalue weighted by Gasteiger charge is 2.27. The minimum atomic E-state index is -0.128. The lowest BCUT2D eigenvalue weighted by Gasteiger charge is -2.30. The van der Waals surface area contributed by atoms with E-state index in [-0.39, 0.29) is 23.9 Å². The molecule has 1 saturated heterocycles. The van der Waals surface area contributed by atoms with Gasteiger partial charge in [-0.1, -0.05) is 18.2 Å². The van der Waals surface area contributed by atoms with Gasteiger partial charge in [-0.05, 0) is 56.2 Å². The van der Waals surface area contributed by atoms with Crippen LogP contribution in [0.1, 0.15) is 35.7 Å². The molecule has 1 aliphatic heterocycles. The summed E-state index contributed by atoms with van der Waals surface area (Å²) in [4.78, 5) is 23.9. The van der Waals surface area contributed by atoms with Crippen LogP contribution in [0, 0.1) is 6.92 Å². The van der Waals surface area contributed by atoms with Gasteiger partial charge in [0.05, 0.1) is 0 Å². The van der Waals surface area contributed by atoms with E-state index >= 15 is 0 Å². The Morgan fingerprint density at radius 1 is 1.16 bits per heavy atom. The maximum Gasteiger partial charge on any atom is 0.251 e. The van der Waals surface area contributed by atoms with Gasteiger partial charge in [0.1, 0.15) is 11.5 Å². The highest BCUT2D eigenvalue weighted by molar-refractivity contribution is 5.96. The molecule has 0 radical (unpaired) electrons. The largest absolute Gasteiger partial charge is 0.457 e. The number of piperidine rings is 1. The molecule has 2 amide bonds. The first kappa shape index (κ1) is 17.0. The fourth-order valence-corrected chi connectivity index (χ4v) is 2.99. The van der Waals surface area contributed by atoms with E-state index in [1.807, 2.05) is 50.2 Å². The van der Waals surface area contributed by atoms with Crippen molar-refractivity contribution in [3.05, 3.63) is 59.7 Å². The van der Waals surface area contributed by atoms with Crippen molar-refractivity contribution in [2.75, 3.05) is 0 Å². The number of rotatable bonds is 4. The molecule has 2 unspecified atom stereocenters. The third-order valence-corrected chi connectivity index (χ3v) is 4.41. The van der Waals surface area contributed by atoms with Crippen LogP contribution < -0.4 is 15.4 Å². The maximum atomic E-state index is 12.6. The second-order valence-electron chi connectivity index (χ2n) is 6.37. The van der Waals surface area contributed by atoms with Gasteiger partial charge in [0.2, 0.25) is 5.91 Å². The Labute approximate surface area is 147 Å². The summed E-state index contributed by atoms with van der Waals surface area (Å²) in [7, 11) is 0. The Balaban J connectivity index is 1.68. The fraction of sp³-hybridized carbons (Fsp3) is 0.300. The monoisotopic (exact) mass is 338 g/mol. The number of carbonyl (C=O) groups is 2. The number of nitrogens with one attached hydrogen (secondary N) is 2. The Morgan fingerprint density at radius 2 is 1.92 bits per heavy atom. The van der Waals surface area contributed by atoms with Gasteiger partial charge in [0, 0.05) is 24.1 Å². The summed E-state index contributed by atoms with van der Waals surface area (Å²) >= 11 is 0. The standard InChI is InChI=1S/C20H22N2O3/c1-13-12-16(25-15-6-4-3-5-7-15)8-9-17(13)20(24)22-18-10-11-19(23)21-14(18)2/h3-9,12,14,18H,10-11H2,1-2H3,(H,21,23)(H,22,24). The van der Waals surface area contributed by atoms with Crippen molar-refractivity contribution < 1.29 is 14.3 Å². The van der Waals surface area contributed by atoms with Gasteiger partial charge >= 0.3 is 0 Å². The zero-order chi connectivity index (χ0) is 17.8. The highest BCUT2D eigenvalue weighted by atomic mass is 16.5. The zero-order valence-electron chi connectivity index (χ0n) is 14.4. The van der Waals surface area contributed by atoms with Gasteiger partial charge < -0.3 is 15.4 Å². The van der Waals surface area contributed by atoms with Crippen LogP contribution in [-0.4, -0.2) is 23.9 Å². The minimum Gasteiger partial charge on any atom is -0.457 e. The molecule has 2 aromatic rings. The molecule has 0 bridgehead atoms. The number of para-hydroxylation sites is 1. The molecular formula is C20H22N2O3. The first-order valence-electron chi connectivity index (χ1n) is 8.47. The third kappa shape index (κ3) is 4.18. The van der Waals surface area contributed by atoms with Crippen LogP contribution in [0.15, 0.2) is 48.5 Å². The lowest BCUT2D eigenvalue weighted by molar-refractivity contribution is -0.123. The number of aryl methyl sites for hydroxylation is 1. The second kappa shape index (κ2) is 7.38. The molecule has 2 aromatic carbocycles. The van der Waals surface area contributed by atoms with Crippen molar-refractivity contribution in [1.29, 1.82) is 0 Å². The summed E-state index contributed by atoms with van der Waals surface area (Å²) in [6, 6.07) is 14.8. The molecule has 25 heavy (non-hydrogen) atoms. The third-order valence-electron chi connectivity index (χ3n) is 4.41. The molecule has 0 aliphatic carbocycles. The fourth-order valence-electron chi connectivity index (χ4n) is 2.99. The van der Waals surface area contributed by atoms with Crippen LogP contribution in [0.2, 0.25) is 0 Å². The van der Waals surface area contributed by atoms with Crippen LogP contribution in [0.5, 0.6) is 11.5 Å². The van der Waals surface area contributed by atoms with Crippen LogP contribution in [0.3, 0.4) is 0 Å². The van der Waals surface area contributed by atoms with E-state index in [1.165, 1.54) is 0 Å². The summed E-state index contributed by atoms with van der Waals surface area (Å²) in [5.41, 5.74) is 1.46. The molecule has 0 aromatic heterocycles. The van der Waals surface area contributed by atoms with Crippen LogP contribution in [0.4, 0.5) is 0 Å². The summed E-state index contributed by atoms with van der Waals surface area (Å²) in [6.07, 6.45) is 1.10. The predicted molar refractivity (Wildman–Crippen MR) is 95.8 cm³/mol. The lowest BCUT2D eigenvalue weighted by Crippen LogP contribution is -2.54. The van der Waals surface area contributed by atoms with Gasteiger partial charge in [0.25, 0.3) is 5.91 Å². The van der Waals surface area contributed by atoms with Crippen LogP contribution in [0.25, 0.3) is 0 Å². The van der Waals surface area contributed by atoms with Crippen molar-refractivity contribution in [1.82, 2.24) is 10.6 Å². The number of benzene rings is 2. The minimum absolute atomic E-state index is 0.0385. The van der Waals surface area contributed by atoms with Crippen molar-refractivity contribution in [2.45, 2.75) is 38.8 Å². The molecule has 1 fully saturated rings. The van der Waals surface area contributed by atoms with Crippen molar-refractivity contribution in [3.63, 3.8) is 0 Å². The van der Waals surface area contributed by atoms with Crippen LogP contribution in [-0.2, 0) is 4.79 Å². The predicted octanol–water partition coefficient (Wildman–Crippen LogP) is 3.18. The molecule has 0 saturated carbocycles. The van der Waals surface area contributed by atoms with E-state index in [0.717, 1.165) is 11.3 Å². The molecule has 5 nitrogen and oxygen atoms in total.